The van der Waals surface area contributed by atoms with E-state index in [-0.39, 0.29) is 29.1 Å². The van der Waals surface area contributed by atoms with Gasteiger partial charge in [0, 0.05) is 41.5 Å². The standard InChI is InChI=1S/C52H59ClF6N6O8S/c1-28(30-10-12-31(13-11-30)40-29(2)61-27-74-40)62-43(69)38-20-34(66)23-65(38)44(70)41(47(3,4)5)63-39(67)24-71-25-50(54,55)52(58,59)51(56,57)26-72-35-17-14-32(15-18-35)42(68)64-45-48(6,7)46(49(45,8)9)73-36-19-16-33(22-60)37(53)21-36/h10-19,21,27-28,34,38,41,45-46,66H,20,23-26H2,1-9H3,(H,62,69)(H,63,67)(H,64,68)/t28-,34+,38-,41+,45-,46-/m0/s1. The summed E-state index contributed by atoms with van der Waals surface area (Å²) in [4.78, 5) is 60.3. The summed E-state index contributed by atoms with van der Waals surface area (Å²) < 4.78 is 105. The highest BCUT2D eigenvalue weighted by molar-refractivity contribution is 7.13. The van der Waals surface area contributed by atoms with E-state index in [1.165, 1.54) is 35.6 Å². The quantitative estimate of drug-likeness (QED) is 0.0660. The van der Waals surface area contributed by atoms with Crippen LogP contribution in [0, 0.1) is 34.5 Å². The highest BCUT2D eigenvalue weighted by Gasteiger charge is 2.72. The molecule has 400 valence electrons. The molecule has 2 aliphatic rings. The first-order chi connectivity index (χ1) is 34.3. The molecule has 4 aromatic rings. The van der Waals surface area contributed by atoms with E-state index in [1.54, 1.807) is 39.3 Å². The molecule has 0 spiro atoms. The summed E-state index contributed by atoms with van der Waals surface area (Å²) >= 11 is 7.66. The topological polar surface area (TPSA) is 192 Å². The molecule has 1 aliphatic carbocycles. The second kappa shape index (κ2) is 21.7. The van der Waals surface area contributed by atoms with Crippen LogP contribution >= 0.6 is 22.9 Å². The van der Waals surface area contributed by atoms with Crippen LogP contribution in [0.2, 0.25) is 5.02 Å². The minimum Gasteiger partial charge on any atom is -0.489 e. The summed E-state index contributed by atoms with van der Waals surface area (Å²) in [5.74, 6) is -20.3. The van der Waals surface area contributed by atoms with Crippen molar-refractivity contribution in [1.82, 2.24) is 25.8 Å². The average molecular weight is 1080 g/mol. The van der Waals surface area contributed by atoms with Gasteiger partial charge in [-0.25, -0.2) is 4.98 Å². The molecule has 2 fully saturated rings. The van der Waals surface area contributed by atoms with Crippen LogP contribution in [0.3, 0.4) is 0 Å². The van der Waals surface area contributed by atoms with E-state index in [9.17, 15) is 55.9 Å². The van der Waals surface area contributed by atoms with Gasteiger partial charge in [0.25, 0.3) is 5.91 Å². The second-order valence-electron chi connectivity index (χ2n) is 21.0. The number of nitrogens with zero attached hydrogens (tertiary/aromatic N) is 3. The molecule has 0 unspecified atom stereocenters. The van der Waals surface area contributed by atoms with E-state index >= 15 is 0 Å². The number of carbonyl (C=O) groups excluding carboxylic acids is 4. The number of aryl methyl sites for hydroxylation is 1. The molecule has 4 amide bonds. The number of aliphatic hydroxyl groups is 1. The van der Waals surface area contributed by atoms with E-state index in [4.69, 9.17) is 21.1 Å². The molecule has 0 bridgehead atoms. The number of hydrogen-bond donors (Lipinski definition) is 4. The molecule has 1 saturated heterocycles. The number of halogens is 7. The number of ether oxygens (including phenoxy) is 3. The smallest absolute Gasteiger partial charge is 0.377 e. The Balaban J connectivity index is 0.989. The first-order valence-corrected chi connectivity index (χ1v) is 24.8. The molecular weight excluding hydrogens is 1020 g/mol. The summed E-state index contributed by atoms with van der Waals surface area (Å²) in [6.45, 7) is 9.60. The number of rotatable bonds is 19. The molecule has 22 heteroatoms. The van der Waals surface area contributed by atoms with Crippen molar-refractivity contribution < 1.29 is 64.8 Å². The zero-order valence-corrected chi connectivity index (χ0v) is 43.7. The molecule has 14 nitrogen and oxygen atoms in total. The van der Waals surface area contributed by atoms with Gasteiger partial charge in [0.05, 0.1) is 38.8 Å². The van der Waals surface area contributed by atoms with Crippen LogP contribution in [0.25, 0.3) is 10.4 Å². The monoisotopic (exact) mass is 1080 g/mol. The molecule has 1 saturated carbocycles. The Hall–Kier alpha value is -5.95. The van der Waals surface area contributed by atoms with Gasteiger partial charge in [0.15, 0.2) is 6.61 Å². The fourth-order valence-electron chi connectivity index (χ4n) is 9.63. The first kappa shape index (κ1) is 57.3. The number of amides is 4. The summed E-state index contributed by atoms with van der Waals surface area (Å²) in [7, 11) is 0. The number of alkyl halides is 6. The summed E-state index contributed by atoms with van der Waals surface area (Å²) in [5, 5.41) is 28.1. The normalized spacial score (nSPS) is 20.4. The lowest BCUT2D eigenvalue weighted by Crippen LogP contribution is -2.74. The Morgan fingerprint density at radius 2 is 1.53 bits per heavy atom. The van der Waals surface area contributed by atoms with E-state index in [2.05, 4.69) is 25.7 Å². The number of benzene rings is 3. The zero-order chi connectivity index (χ0) is 54.9. The van der Waals surface area contributed by atoms with Gasteiger partial charge in [0.1, 0.15) is 49.0 Å². The summed E-state index contributed by atoms with van der Waals surface area (Å²) in [6, 6.07) is 14.9. The molecule has 4 N–H and O–H groups in total. The van der Waals surface area contributed by atoms with Crippen molar-refractivity contribution >= 4 is 46.6 Å². The van der Waals surface area contributed by atoms with Crippen molar-refractivity contribution in [1.29, 1.82) is 5.26 Å². The SMILES string of the molecule is Cc1ncsc1-c1ccc([C@H](C)NC(=O)[C@@H]2C[C@@H](O)CN2C(=O)[C@@H](NC(=O)COCC(F)(F)C(F)(F)C(F)(F)COc2ccc(C(=O)N[C@H]3C(C)(C)[C@H](Oc4ccc(C#N)c(Cl)c4)C3(C)C)cc2)C(C)(C)C)cc1. The number of carbonyl (C=O) groups is 4. The Morgan fingerprint density at radius 3 is 2.09 bits per heavy atom. The fraction of sp³-hybridized carbons (Fsp3) is 0.500. The van der Waals surface area contributed by atoms with Crippen LogP contribution < -0.4 is 25.4 Å². The zero-order valence-electron chi connectivity index (χ0n) is 42.1. The minimum absolute atomic E-state index is 0.0448. The fourth-order valence-corrected chi connectivity index (χ4v) is 10.6. The van der Waals surface area contributed by atoms with Gasteiger partial charge in [-0.05, 0) is 66.8 Å². The first-order valence-electron chi connectivity index (χ1n) is 23.5. The number of hydrogen-bond acceptors (Lipinski definition) is 11. The van der Waals surface area contributed by atoms with Crippen molar-refractivity contribution in [3.63, 3.8) is 0 Å². The van der Waals surface area contributed by atoms with Crippen LogP contribution in [-0.2, 0) is 19.1 Å². The van der Waals surface area contributed by atoms with Crippen LogP contribution in [0.1, 0.15) is 95.0 Å². The second-order valence-corrected chi connectivity index (χ2v) is 22.2. The van der Waals surface area contributed by atoms with Gasteiger partial charge >= 0.3 is 17.8 Å². The number of β-amino-alcohol motifs (C(OH)–C–C–N with tert-alkyl or cyclic N) is 1. The molecule has 4 atom stereocenters. The number of aliphatic hydroxyl groups excluding tert-OH is 1. The van der Waals surface area contributed by atoms with Gasteiger partial charge in [-0.15, -0.1) is 11.3 Å². The van der Waals surface area contributed by atoms with E-state index in [1.807, 2.05) is 65.0 Å². The lowest BCUT2D eigenvalue weighted by atomic mass is 9.49. The molecule has 1 aromatic heterocycles. The summed E-state index contributed by atoms with van der Waals surface area (Å²) in [5.41, 5.74) is 2.28. The Bertz CT molecular complexity index is 2730. The molecule has 0 radical (unpaired) electrons. The maximum Gasteiger partial charge on any atom is 0.377 e. The third-order valence-electron chi connectivity index (χ3n) is 13.5. The number of thiazole rings is 1. The third kappa shape index (κ3) is 12.1. The number of nitriles is 1. The van der Waals surface area contributed by atoms with Crippen LogP contribution in [-0.4, -0.2) is 113 Å². The van der Waals surface area contributed by atoms with Gasteiger partial charge < -0.3 is 40.2 Å². The molecule has 6 rings (SSSR count). The van der Waals surface area contributed by atoms with E-state index in [0.717, 1.165) is 38.7 Å². The lowest BCUT2D eigenvalue weighted by Gasteiger charge is -2.63. The van der Waals surface area contributed by atoms with Crippen molar-refractivity contribution in [2.45, 2.75) is 123 Å². The van der Waals surface area contributed by atoms with E-state index < -0.39 is 120 Å². The van der Waals surface area contributed by atoms with E-state index in [0.29, 0.717) is 5.75 Å². The highest BCUT2D eigenvalue weighted by Crippen LogP contribution is 2.56. The van der Waals surface area contributed by atoms with Gasteiger partial charge in [-0.3, -0.25) is 19.2 Å². The molecular formula is C52H59ClF6N6O8S. The van der Waals surface area contributed by atoms with Gasteiger partial charge in [-0.2, -0.15) is 31.6 Å². The van der Waals surface area contributed by atoms with Crippen molar-refractivity contribution in [2.75, 3.05) is 26.4 Å². The molecule has 1 aliphatic heterocycles. The van der Waals surface area contributed by atoms with Crippen molar-refractivity contribution in [2.24, 2.45) is 16.2 Å². The predicted octanol–water partition coefficient (Wildman–Crippen LogP) is 8.93. The molecule has 3 aromatic carbocycles. The Kier molecular flexibility index (Phi) is 16.8. The number of likely N-dealkylation sites (tertiary alicyclic amines) is 1. The summed E-state index contributed by atoms with van der Waals surface area (Å²) in [6.07, 6.45) is -1.67. The maximum absolute atomic E-state index is 15.0. The minimum atomic E-state index is -6.06. The van der Waals surface area contributed by atoms with Crippen LogP contribution in [0.4, 0.5) is 26.3 Å². The largest absolute Gasteiger partial charge is 0.489 e. The number of nitrogens with one attached hydrogen (secondary N) is 3. The number of aromatic nitrogens is 1. The van der Waals surface area contributed by atoms with Gasteiger partial charge in [-0.1, -0.05) is 84.3 Å². The highest BCUT2D eigenvalue weighted by atomic mass is 35.5. The maximum atomic E-state index is 15.0. The predicted molar refractivity (Wildman–Crippen MR) is 263 cm³/mol. The molecule has 74 heavy (non-hydrogen) atoms. The van der Waals surface area contributed by atoms with Crippen LogP contribution in [0.5, 0.6) is 11.5 Å². The Morgan fingerprint density at radius 1 is 0.919 bits per heavy atom. The van der Waals surface area contributed by atoms with Gasteiger partial charge in [0.2, 0.25) is 17.7 Å². The third-order valence-corrected chi connectivity index (χ3v) is 14.8. The van der Waals surface area contributed by atoms with Crippen molar-refractivity contribution in [3.8, 4) is 28.0 Å². The lowest BCUT2D eigenvalue weighted by molar-refractivity contribution is -0.324. The Labute approximate surface area is 434 Å². The van der Waals surface area contributed by atoms with Crippen LogP contribution in [0.15, 0.2) is 72.2 Å². The average Bonchev–Trinajstić information content (AvgIpc) is 3.95. The van der Waals surface area contributed by atoms with Crippen molar-refractivity contribution in [3.05, 3.63) is 99.6 Å². The molecule has 2 heterocycles.